The van der Waals surface area contributed by atoms with Crippen LogP contribution in [0.1, 0.15) is 73.7 Å². The van der Waals surface area contributed by atoms with Crippen LogP contribution in [-0.2, 0) is 6.42 Å². The summed E-state index contributed by atoms with van der Waals surface area (Å²) in [4.78, 5) is 4.66. The molecular formula is C33H40FN3O2. The fourth-order valence-corrected chi connectivity index (χ4v) is 5.79. The van der Waals surface area contributed by atoms with E-state index in [2.05, 4.69) is 54.8 Å². The first kappa shape index (κ1) is 27.5. The zero-order chi connectivity index (χ0) is 27.4. The Kier molecular flexibility index (Phi) is 8.75. The lowest BCUT2D eigenvalue weighted by molar-refractivity contribution is 0.160. The molecule has 6 heteroatoms. The summed E-state index contributed by atoms with van der Waals surface area (Å²) in [6.45, 7) is 6.88. The van der Waals surface area contributed by atoms with Crippen molar-refractivity contribution in [2.45, 2.75) is 77.8 Å². The first-order chi connectivity index (χ1) is 19.0. The van der Waals surface area contributed by atoms with Gasteiger partial charge in [0.15, 0.2) is 17.3 Å². The normalized spacial score (nSPS) is 17.3. The van der Waals surface area contributed by atoms with Crippen LogP contribution in [0.15, 0.2) is 71.9 Å². The molecule has 0 radical (unpaired) electrons. The number of hydrogen-bond acceptors (Lipinski definition) is 5. The Morgan fingerprint density at radius 2 is 1.97 bits per heavy atom. The van der Waals surface area contributed by atoms with Crippen LogP contribution in [0.5, 0.6) is 5.75 Å². The van der Waals surface area contributed by atoms with E-state index < -0.39 is 0 Å². The summed E-state index contributed by atoms with van der Waals surface area (Å²) in [6.07, 6.45) is 9.73. The second-order valence-electron chi connectivity index (χ2n) is 11.0. The summed E-state index contributed by atoms with van der Waals surface area (Å²) in [5.41, 5.74) is 8.92. The minimum Gasteiger partial charge on any atom is -0.453 e. The lowest BCUT2D eigenvalue weighted by Gasteiger charge is -2.29. The highest BCUT2D eigenvalue weighted by molar-refractivity contribution is 5.84. The van der Waals surface area contributed by atoms with Gasteiger partial charge in [-0.15, -0.1) is 0 Å². The number of ether oxygens (including phenoxy) is 1. The first-order valence-electron chi connectivity index (χ1n) is 14.3. The zero-order valence-corrected chi connectivity index (χ0v) is 23.3. The largest absolute Gasteiger partial charge is 0.453 e. The van der Waals surface area contributed by atoms with E-state index in [0.29, 0.717) is 30.4 Å². The second kappa shape index (κ2) is 12.4. The third kappa shape index (κ3) is 6.40. The molecule has 0 spiro atoms. The third-order valence-corrected chi connectivity index (χ3v) is 8.10. The van der Waals surface area contributed by atoms with Crippen LogP contribution in [0.25, 0.3) is 10.9 Å². The summed E-state index contributed by atoms with van der Waals surface area (Å²) in [6, 6.07) is 14.7. The van der Waals surface area contributed by atoms with Crippen molar-refractivity contribution >= 4 is 10.9 Å². The maximum Gasteiger partial charge on any atom is 0.164 e. The van der Waals surface area contributed by atoms with E-state index in [1.165, 1.54) is 16.7 Å². The first-order valence-corrected chi connectivity index (χ1v) is 14.3. The summed E-state index contributed by atoms with van der Waals surface area (Å²) in [7, 11) is 0. The Hall–Kier alpha value is -3.06. The Bertz CT molecular complexity index is 1380. The van der Waals surface area contributed by atoms with E-state index in [-0.39, 0.29) is 17.9 Å². The van der Waals surface area contributed by atoms with Crippen molar-refractivity contribution in [2.24, 2.45) is 5.92 Å². The molecule has 2 aliphatic carbocycles. The maximum atomic E-state index is 15.5. The van der Waals surface area contributed by atoms with Gasteiger partial charge in [-0.3, -0.25) is 4.98 Å². The lowest BCUT2D eigenvalue weighted by atomic mass is 9.94. The molecule has 0 aliphatic heterocycles. The number of nitrogens with one attached hydrogen (secondary N) is 2. The number of hydroxylamine groups is 1. The molecule has 39 heavy (non-hydrogen) atoms. The molecule has 3 N–H and O–H groups in total. The van der Waals surface area contributed by atoms with Crippen molar-refractivity contribution < 1.29 is 14.3 Å². The molecule has 2 aromatic carbocycles. The monoisotopic (exact) mass is 529 g/mol. The lowest BCUT2D eigenvalue weighted by Crippen LogP contribution is -2.36. The molecule has 1 fully saturated rings. The van der Waals surface area contributed by atoms with Gasteiger partial charge in [-0.2, -0.15) is 0 Å². The minimum absolute atomic E-state index is 0.151. The highest BCUT2D eigenvalue weighted by Crippen LogP contribution is 2.45. The smallest absolute Gasteiger partial charge is 0.164 e. The maximum absolute atomic E-state index is 15.5. The minimum atomic E-state index is -0.203. The number of aromatic nitrogens is 1. The number of halogens is 1. The van der Waals surface area contributed by atoms with Crippen molar-refractivity contribution in [3.63, 3.8) is 0 Å². The molecule has 5 rings (SSSR count). The number of allylic oxidation sites excluding steroid dienone is 3. The van der Waals surface area contributed by atoms with Gasteiger partial charge in [0.25, 0.3) is 0 Å². The van der Waals surface area contributed by atoms with Crippen molar-refractivity contribution in [2.75, 3.05) is 6.54 Å². The molecule has 1 aromatic heterocycles. The van der Waals surface area contributed by atoms with Gasteiger partial charge in [0.2, 0.25) is 0 Å². The SMILES string of the molecule is CCC(Cc1ccc(C)cc1C)NC(CCNO)c1c(OC2=CCCC(C3CC3)=C2F)cnc2ccccc12. The van der Waals surface area contributed by atoms with Crippen LogP contribution in [0.4, 0.5) is 4.39 Å². The molecule has 2 unspecified atom stereocenters. The Labute approximate surface area is 231 Å². The van der Waals surface area contributed by atoms with Crippen LogP contribution < -0.4 is 15.5 Å². The van der Waals surface area contributed by atoms with Crippen LogP contribution in [-0.4, -0.2) is 22.8 Å². The van der Waals surface area contributed by atoms with Gasteiger partial charge in [0.1, 0.15) is 0 Å². The Morgan fingerprint density at radius 1 is 1.15 bits per heavy atom. The summed E-state index contributed by atoms with van der Waals surface area (Å²) >= 11 is 0. The topological polar surface area (TPSA) is 66.4 Å². The van der Waals surface area contributed by atoms with Crippen molar-refractivity contribution in [1.82, 2.24) is 15.8 Å². The van der Waals surface area contributed by atoms with Crippen molar-refractivity contribution in [1.29, 1.82) is 0 Å². The van der Waals surface area contributed by atoms with Gasteiger partial charge in [-0.25, -0.2) is 9.87 Å². The number of benzene rings is 2. The average Bonchev–Trinajstić information content (AvgIpc) is 3.78. The Balaban J connectivity index is 1.51. The molecule has 1 saturated carbocycles. The van der Waals surface area contributed by atoms with E-state index in [4.69, 9.17) is 4.74 Å². The van der Waals surface area contributed by atoms with E-state index in [9.17, 15) is 5.21 Å². The molecule has 2 atom stereocenters. The summed E-state index contributed by atoms with van der Waals surface area (Å²) in [5.74, 6) is 1.03. The van der Waals surface area contributed by atoms with Crippen LogP contribution in [0, 0.1) is 19.8 Å². The quantitative estimate of drug-likeness (QED) is 0.211. The van der Waals surface area contributed by atoms with Gasteiger partial charge in [-0.05, 0) is 93.6 Å². The summed E-state index contributed by atoms with van der Waals surface area (Å²) < 4.78 is 21.9. The predicted octanol–water partition coefficient (Wildman–Crippen LogP) is 7.56. The van der Waals surface area contributed by atoms with Crippen LogP contribution in [0.3, 0.4) is 0 Å². The number of hydrogen-bond donors (Lipinski definition) is 3. The van der Waals surface area contributed by atoms with Gasteiger partial charge in [0.05, 0.1) is 11.7 Å². The molecule has 5 nitrogen and oxygen atoms in total. The number of aryl methyl sites for hydroxylation is 2. The molecule has 1 heterocycles. The summed E-state index contributed by atoms with van der Waals surface area (Å²) in [5, 5.41) is 14.4. The molecule has 0 bridgehead atoms. The average molecular weight is 530 g/mol. The predicted molar refractivity (Wildman–Crippen MR) is 155 cm³/mol. The van der Waals surface area contributed by atoms with Gasteiger partial charge in [-0.1, -0.05) is 48.9 Å². The molecular weight excluding hydrogens is 489 g/mol. The van der Waals surface area contributed by atoms with Gasteiger partial charge < -0.3 is 15.3 Å². The molecule has 0 saturated heterocycles. The third-order valence-electron chi connectivity index (χ3n) is 8.10. The van der Waals surface area contributed by atoms with E-state index in [1.54, 1.807) is 6.20 Å². The molecule has 3 aromatic rings. The zero-order valence-electron chi connectivity index (χ0n) is 23.3. The molecule has 0 amide bonds. The van der Waals surface area contributed by atoms with Crippen molar-refractivity contribution in [3.8, 4) is 5.75 Å². The number of rotatable bonds is 12. The number of para-hydroxylation sites is 1. The fraction of sp³-hybridized carbons (Fsp3) is 0.424. The van der Waals surface area contributed by atoms with Crippen LogP contribution >= 0.6 is 0 Å². The fourth-order valence-electron chi connectivity index (χ4n) is 5.79. The van der Waals surface area contributed by atoms with Crippen LogP contribution in [0.2, 0.25) is 0 Å². The van der Waals surface area contributed by atoms with Gasteiger partial charge in [0, 0.05) is 29.6 Å². The van der Waals surface area contributed by atoms with E-state index >= 15 is 4.39 Å². The second-order valence-corrected chi connectivity index (χ2v) is 11.0. The Morgan fingerprint density at radius 3 is 2.72 bits per heavy atom. The molecule has 206 valence electrons. The van der Waals surface area contributed by atoms with E-state index in [1.807, 2.05) is 30.3 Å². The standard InChI is InChI=1S/C33H40FN3O2/c1-4-25(19-24-13-12-21(2)18-22(24)3)37-29(16-17-36-38)32-27-8-5-6-10-28(27)35-20-31(32)39-30-11-7-9-26(33(30)34)23-14-15-23/h5-6,8,10-13,18,20,23,25,29,36-38H,4,7,9,14-17,19H2,1-3H3. The van der Waals surface area contributed by atoms with Crippen molar-refractivity contribution in [3.05, 3.63) is 94.2 Å². The number of nitrogens with zero attached hydrogens (tertiary/aromatic N) is 1. The molecule has 2 aliphatic rings. The van der Waals surface area contributed by atoms with E-state index in [0.717, 1.165) is 60.6 Å². The highest BCUT2D eigenvalue weighted by Gasteiger charge is 2.32. The number of pyridine rings is 1. The highest BCUT2D eigenvalue weighted by atomic mass is 19.1. The number of fused-ring (bicyclic) bond motifs is 1. The van der Waals surface area contributed by atoms with Gasteiger partial charge >= 0.3 is 0 Å².